The second-order valence-corrected chi connectivity index (χ2v) is 6.11. The summed E-state index contributed by atoms with van der Waals surface area (Å²) in [7, 11) is 1.69. The number of benzene rings is 1. The minimum absolute atomic E-state index is 0.160. The molecule has 114 valence electrons. The number of aliphatic hydroxyl groups excluding tert-OH is 1. The van der Waals surface area contributed by atoms with Crippen LogP contribution in [-0.4, -0.2) is 48.4 Å². The Labute approximate surface area is 130 Å². The summed E-state index contributed by atoms with van der Waals surface area (Å²) in [5.41, 5.74) is 2.41. The van der Waals surface area contributed by atoms with Crippen LogP contribution >= 0.6 is 11.3 Å². The van der Waals surface area contributed by atoms with Crippen molar-refractivity contribution in [1.82, 2.24) is 9.88 Å². The molecule has 0 bridgehead atoms. The predicted octanol–water partition coefficient (Wildman–Crippen LogP) is 2.56. The molecule has 21 heavy (non-hydrogen) atoms. The molecule has 0 amide bonds. The highest BCUT2D eigenvalue weighted by Crippen LogP contribution is 2.26. The fourth-order valence-electron chi connectivity index (χ4n) is 2.06. The van der Waals surface area contributed by atoms with Crippen molar-refractivity contribution in [3.05, 3.63) is 40.9 Å². The number of aliphatic hydroxyl groups is 1. The van der Waals surface area contributed by atoms with E-state index in [1.165, 1.54) is 10.4 Å². The van der Waals surface area contributed by atoms with Gasteiger partial charge in [0.25, 0.3) is 0 Å². The summed E-state index contributed by atoms with van der Waals surface area (Å²) in [6, 6.07) is 8.42. The van der Waals surface area contributed by atoms with Gasteiger partial charge in [0.15, 0.2) is 0 Å². The van der Waals surface area contributed by atoms with Crippen LogP contribution in [0.25, 0.3) is 10.6 Å². The zero-order chi connectivity index (χ0) is 15.1. The number of hydrogen-bond acceptors (Lipinski definition) is 5. The number of thiazole rings is 1. The number of rotatable bonds is 8. The smallest absolute Gasteiger partial charge is 0.123 e. The van der Waals surface area contributed by atoms with Gasteiger partial charge < -0.3 is 9.84 Å². The molecule has 5 heteroatoms. The second-order valence-electron chi connectivity index (χ2n) is 4.99. The molecular formula is C16H22N2O2S. The van der Waals surface area contributed by atoms with E-state index in [1.807, 2.05) is 6.20 Å². The molecule has 2 aromatic rings. The highest BCUT2D eigenvalue weighted by Gasteiger charge is 2.09. The van der Waals surface area contributed by atoms with Crippen molar-refractivity contribution < 1.29 is 9.84 Å². The third-order valence-electron chi connectivity index (χ3n) is 3.26. The van der Waals surface area contributed by atoms with Crippen molar-refractivity contribution in [3.8, 4) is 10.6 Å². The van der Waals surface area contributed by atoms with Crippen molar-refractivity contribution in [2.45, 2.75) is 13.5 Å². The summed E-state index contributed by atoms with van der Waals surface area (Å²) in [6.07, 6.45) is 1.93. The largest absolute Gasteiger partial charge is 0.395 e. The van der Waals surface area contributed by atoms with Crippen LogP contribution in [0, 0.1) is 6.92 Å². The van der Waals surface area contributed by atoms with Gasteiger partial charge in [-0.15, -0.1) is 11.3 Å². The van der Waals surface area contributed by atoms with E-state index in [4.69, 9.17) is 9.84 Å². The van der Waals surface area contributed by atoms with Gasteiger partial charge in [0, 0.05) is 43.4 Å². The minimum Gasteiger partial charge on any atom is -0.395 e. The molecule has 0 saturated carbocycles. The van der Waals surface area contributed by atoms with Crippen LogP contribution in [-0.2, 0) is 11.3 Å². The topological polar surface area (TPSA) is 45.6 Å². The standard InChI is InChI=1S/C16H22N2O2S/c1-13-3-5-14(6-4-13)16-17-11-15(21-16)12-18(7-9-19)8-10-20-2/h3-6,11,19H,7-10,12H2,1-2H3. The van der Waals surface area contributed by atoms with E-state index in [0.29, 0.717) is 13.2 Å². The zero-order valence-electron chi connectivity index (χ0n) is 12.6. The van der Waals surface area contributed by atoms with Crippen LogP contribution in [0.15, 0.2) is 30.5 Å². The Morgan fingerprint density at radius 1 is 1.24 bits per heavy atom. The van der Waals surface area contributed by atoms with Gasteiger partial charge in [-0.25, -0.2) is 4.98 Å². The average Bonchev–Trinajstić information content (AvgIpc) is 2.94. The van der Waals surface area contributed by atoms with E-state index >= 15 is 0 Å². The summed E-state index contributed by atoms with van der Waals surface area (Å²) in [4.78, 5) is 7.89. The fourth-order valence-corrected chi connectivity index (χ4v) is 3.02. The molecule has 4 nitrogen and oxygen atoms in total. The van der Waals surface area contributed by atoms with Crippen molar-refractivity contribution in [2.75, 3.05) is 33.4 Å². The zero-order valence-corrected chi connectivity index (χ0v) is 13.4. The lowest BCUT2D eigenvalue weighted by atomic mass is 10.2. The molecule has 0 unspecified atom stereocenters. The second kappa shape index (κ2) is 8.24. The van der Waals surface area contributed by atoms with Gasteiger partial charge in [0.05, 0.1) is 13.2 Å². The molecule has 1 heterocycles. The lowest BCUT2D eigenvalue weighted by molar-refractivity contribution is 0.127. The minimum atomic E-state index is 0.160. The third-order valence-corrected chi connectivity index (χ3v) is 4.29. The maximum absolute atomic E-state index is 9.13. The quantitative estimate of drug-likeness (QED) is 0.814. The van der Waals surface area contributed by atoms with E-state index < -0.39 is 0 Å². The van der Waals surface area contributed by atoms with E-state index in [2.05, 4.69) is 41.1 Å². The van der Waals surface area contributed by atoms with E-state index in [9.17, 15) is 0 Å². The van der Waals surface area contributed by atoms with Crippen molar-refractivity contribution in [3.63, 3.8) is 0 Å². The van der Waals surface area contributed by atoms with Gasteiger partial charge in [-0.2, -0.15) is 0 Å². The van der Waals surface area contributed by atoms with Crippen LogP contribution < -0.4 is 0 Å². The van der Waals surface area contributed by atoms with Gasteiger partial charge in [-0.05, 0) is 6.92 Å². The van der Waals surface area contributed by atoms with Crippen molar-refractivity contribution >= 4 is 11.3 Å². The Hall–Kier alpha value is -1.27. The first-order chi connectivity index (χ1) is 10.2. The number of nitrogens with zero attached hydrogens (tertiary/aromatic N) is 2. The Bertz CT molecular complexity index is 539. The monoisotopic (exact) mass is 306 g/mol. The third kappa shape index (κ3) is 4.89. The molecule has 1 aromatic heterocycles. The van der Waals surface area contributed by atoms with Gasteiger partial charge in [0.2, 0.25) is 0 Å². The Kier molecular flexibility index (Phi) is 6.32. The van der Waals surface area contributed by atoms with Crippen LogP contribution in [0.1, 0.15) is 10.4 Å². The molecule has 0 aliphatic carbocycles. The summed E-state index contributed by atoms with van der Waals surface area (Å²) in [5, 5.41) is 10.2. The van der Waals surface area contributed by atoms with Gasteiger partial charge in [-0.1, -0.05) is 29.8 Å². The van der Waals surface area contributed by atoms with Gasteiger partial charge in [-0.3, -0.25) is 4.90 Å². The van der Waals surface area contributed by atoms with Crippen LogP contribution in [0.2, 0.25) is 0 Å². The molecule has 0 atom stereocenters. The van der Waals surface area contributed by atoms with Crippen LogP contribution in [0.3, 0.4) is 0 Å². The molecule has 1 N–H and O–H groups in total. The summed E-state index contributed by atoms with van der Waals surface area (Å²) in [6.45, 7) is 5.18. The predicted molar refractivity (Wildman–Crippen MR) is 86.5 cm³/mol. The van der Waals surface area contributed by atoms with Crippen molar-refractivity contribution in [1.29, 1.82) is 0 Å². The first kappa shape index (κ1) is 16.1. The molecule has 0 spiro atoms. The molecule has 0 fully saturated rings. The maximum atomic E-state index is 9.13. The van der Waals surface area contributed by atoms with Crippen molar-refractivity contribution in [2.24, 2.45) is 0 Å². The summed E-state index contributed by atoms with van der Waals surface area (Å²) in [5.74, 6) is 0. The Balaban J connectivity index is 2.02. The highest BCUT2D eigenvalue weighted by molar-refractivity contribution is 7.15. The fraction of sp³-hybridized carbons (Fsp3) is 0.438. The lowest BCUT2D eigenvalue weighted by Gasteiger charge is -2.19. The maximum Gasteiger partial charge on any atom is 0.123 e. The number of methoxy groups -OCH3 is 1. The highest BCUT2D eigenvalue weighted by atomic mass is 32.1. The molecule has 2 rings (SSSR count). The van der Waals surface area contributed by atoms with Crippen LogP contribution in [0.5, 0.6) is 0 Å². The molecular weight excluding hydrogens is 284 g/mol. The van der Waals surface area contributed by atoms with E-state index in [-0.39, 0.29) is 6.61 Å². The summed E-state index contributed by atoms with van der Waals surface area (Å²) >= 11 is 1.70. The van der Waals surface area contributed by atoms with E-state index in [0.717, 1.165) is 23.7 Å². The van der Waals surface area contributed by atoms with Crippen LogP contribution in [0.4, 0.5) is 0 Å². The molecule has 0 saturated heterocycles. The normalized spacial score (nSPS) is 11.2. The Morgan fingerprint density at radius 2 is 2.00 bits per heavy atom. The first-order valence-electron chi connectivity index (χ1n) is 7.07. The first-order valence-corrected chi connectivity index (χ1v) is 7.88. The molecule has 0 aliphatic rings. The number of ether oxygens (including phenoxy) is 1. The molecule has 0 aliphatic heterocycles. The average molecular weight is 306 g/mol. The summed E-state index contributed by atoms with van der Waals surface area (Å²) < 4.78 is 5.11. The van der Waals surface area contributed by atoms with Gasteiger partial charge in [0.1, 0.15) is 5.01 Å². The molecule has 0 radical (unpaired) electrons. The Morgan fingerprint density at radius 3 is 2.67 bits per heavy atom. The van der Waals surface area contributed by atoms with E-state index in [1.54, 1.807) is 18.4 Å². The number of aryl methyl sites for hydroxylation is 1. The number of hydrogen-bond donors (Lipinski definition) is 1. The molecule has 1 aromatic carbocycles. The SMILES string of the molecule is COCCN(CCO)Cc1cnc(-c2ccc(C)cc2)s1. The number of aromatic nitrogens is 1. The van der Waals surface area contributed by atoms with Gasteiger partial charge >= 0.3 is 0 Å². The lowest BCUT2D eigenvalue weighted by Crippen LogP contribution is -2.29.